The highest BCUT2D eigenvalue weighted by atomic mass is 32.2. The molecule has 0 aliphatic rings. The molecule has 3 aromatic heterocycles. The molecule has 0 spiro atoms. The topological polar surface area (TPSA) is 129 Å². The van der Waals surface area contributed by atoms with Crippen LogP contribution in [0, 0.1) is 0 Å². The van der Waals surface area contributed by atoms with E-state index in [0.717, 1.165) is 10.9 Å². The fourth-order valence-corrected chi connectivity index (χ4v) is 3.26. The van der Waals surface area contributed by atoms with Gasteiger partial charge in [-0.1, -0.05) is 18.2 Å². The molecule has 0 unspecified atom stereocenters. The second kappa shape index (κ2) is 6.98. The first-order valence-electron chi connectivity index (χ1n) is 8.38. The van der Waals surface area contributed by atoms with Crippen LogP contribution in [0.3, 0.4) is 0 Å². The Morgan fingerprint density at radius 2 is 1.89 bits per heavy atom. The average Bonchev–Trinajstić information content (AvgIpc) is 3.07. The number of nitrogens with one attached hydrogen (secondary N) is 1. The quantitative estimate of drug-likeness (QED) is 0.526. The van der Waals surface area contributed by atoms with Gasteiger partial charge in [0.2, 0.25) is 10.0 Å². The number of rotatable bonds is 5. The van der Waals surface area contributed by atoms with Crippen LogP contribution < -0.4 is 10.5 Å². The number of pyridine rings is 1. The fourth-order valence-electron chi connectivity index (χ4n) is 2.75. The van der Waals surface area contributed by atoms with Crippen LogP contribution in [-0.4, -0.2) is 33.2 Å². The highest BCUT2D eigenvalue weighted by molar-refractivity contribution is 7.89. The van der Waals surface area contributed by atoms with Gasteiger partial charge in [-0.2, -0.15) is 5.10 Å². The lowest BCUT2D eigenvalue weighted by Gasteiger charge is -2.09. The molecule has 142 valence electrons. The molecule has 3 N–H and O–H groups in total. The van der Waals surface area contributed by atoms with Crippen molar-refractivity contribution in [3.05, 3.63) is 60.4 Å². The molecule has 10 heteroatoms. The van der Waals surface area contributed by atoms with Crippen LogP contribution in [0.4, 0.5) is 5.82 Å². The van der Waals surface area contributed by atoms with Gasteiger partial charge >= 0.3 is 0 Å². The van der Waals surface area contributed by atoms with E-state index in [1.807, 2.05) is 25.2 Å². The van der Waals surface area contributed by atoms with E-state index in [1.54, 1.807) is 29.2 Å². The Morgan fingerprint density at radius 3 is 2.57 bits per heavy atom. The minimum Gasteiger partial charge on any atom is -0.365 e. The summed E-state index contributed by atoms with van der Waals surface area (Å²) in [4.78, 5) is 13.6. The molecule has 0 fully saturated rings. The normalized spacial score (nSPS) is 11.6. The molecular formula is C18H17N7O2S. The monoisotopic (exact) mass is 395 g/mol. The SMILES string of the molecule is Cn1ncc2c(NCc3ccc(S(N)(=O)=O)cc3)nc(-c3ccccn3)nc21. The van der Waals surface area contributed by atoms with Gasteiger partial charge in [-0.3, -0.25) is 9.67 Å². The number of aryl methyl sites for hydroxylation is 1. The molecule has 3 heterocycles. The Kier molecular flexibility index (Phi) is 4.49. The number of hydrogen-bond donors (Lipinski definition) is 2. The third-order valence-electron chi connectivity index (χ3n) is 4.20. The maximum absolute atomic E-state index is 11.4. The van der Waals surface area contributed by atoms with Gasteiger partial charge in [-0.15, -0.1) is 0 Å². The number of nitrogens with zero attached hydrogens (tertiary/aromatic N) is 5. The third kappa shape index (κ3) is 3.55. The first-order valence-corrected chi connectivity index (χ1v) is 9.93. The molecule has 4 rings (SSSR count). The smallest absolute Gasteiger partial charge is 0.238 e. The summed E-state index contributed by atoms with van der Waals surface area (Å²) < 4.78 is 24.4. The van der Waals surface area contributed by atoms with E-state index in [-0.39, 0.29) is 4.90 Å². The van der Waals surface area contributed by atoms with E-state index >= 15 is 0 Å². The Morgan fingerprint density at radius 1 is 1.11 bits per heavy atom. The van der Waals surface area contributed by atoms with Crippen LogP contribution in [-0.2, 0) is 23.6 Å². The number of aromatic nitrogens is 5. The van der Waals surface area contributed by atoms with Crippen molar-refractivity contribution in [2.75, 3.05) is 5.32 Å². The van der Waals surface area contributed by atoms with Crippen LogP contribution in [0.1, 0.15) is 5.56 Å². The van der Waals surface area contributed by atoms with Crippen molar-refractivity contribution in [2.24, 2.45) is 12.2 Å². The van der Waals surface area contributed by atoms with Gasteiger partial charge in [0, 0.05) is 19.8 Å². The van der Waals surface area contributed by atoms with Crippen LogP contribution in [0.15, 0.2) is 59.8 Å². The lowest BCUT2D eigenvalue weighted by Crippen LogP contribution is -2.12. The summed E-state index contributed by atoms with van der Waals surface area (Å²) in [5, 5.41) is 13.4. The molecule has 4 aromatic rings. The number of nitrogens with two attached hydrogens (primary N) is 1. The third-order valence-corrected chi connectivity index (χ3v) is 5.13. The molecule has 0 radical (unpaired) electrons. The predicted octanol–water partition coefficient (Wildman–Crippen LogP) is 1.68. The number of benzene rings is 1. The maximum atomic E-state index is 11.4. The minimum atomic E-state index is -3.71. The van der Waals surface area contributed by atoms with E-state index in [4.69, 9.17) is 5.14 Å². The predicted molar refractivity (Wildman–Crippen MR) is 105 cm³/mol. The van der Waals surface area contributed by atoms with Crippen LogP contribution in [0.25, 0.3) is 22.6 Å². The van der Waals surface area contributed by atoms with Crippen molar-refractivity contribution in [2.45, 2.75) is 11.4 Å². The summed E-state index contributed by atoms with van der Waals surface area (Å²) >= 11 is 0. The molecule has 0 aliphatic heterocycles. The molecule has 0 saturated heterocycles. The largest absolute Gasteiger partial charge is 0.365 e. The number of anilines is 1. The van der Waals surface area contributed by atoms with E-state index < -0.39 is 10.0 Å². The molecule has 28 heavy (non-hydrogen) atoms. The molecule has 0 aliphatic carbocycles. The van der Waals surface area contributed by atoms with Gasteiger partial charge in [0.1, 0.15) is 11.5 Å². The zero-order chi connectivity index (χ0) is 19.7. The summed E-state index contributed by atoms with van der Waals surface area (Å²) in [7, 11) is -1.90. The molecule has 1 aromatic carbocycles. The van der Waals surface area contributed by atoms with Gasteiger partial charge in [0.15, 0.2) is 11.5 Å². The average molecular weight is 395 g/mol. The number of primary sulfonamides is 1. The van der Waals surface area contributed by atoms with Crippen LogP contribution in [0.5, 0.6) is 0 Å². The minimum absolute atomic E-state index is 0.0744. The maximum Gasteiger partial charge on any atom is 0.238 e. The van der Waals surface area contributed by atoms with E-state index in [9.17, 15) is 8.42 Å². The van der Waals surface area contributed by atoms with Crippen LogP contribution in [0.2, 0.25) is 0 Å². The lowest BCUT2D eigenvalue weighted by atomic mass is 10.2. The fraction of sp³-hybridized carbons (Fsp3) is 0.111. The van der Waals surface area contributed by atoms with Gasteiger partial charge in [0.25, 0.3) is 0 Å². The zero-order valence-electron chi connectivity index (χ0n) is 14.9. The summed E-state index contributed by atoms with van der Waals surface area (Å²) in [5.41, 5.74) is 2.22. The van der Waals surface area contributed by atoms with Gasteiger partial charge < -0.3 is 5.32 Å². The van der Waals surface area contributed by atoms with Gasteiger partial charge in [-0.25, -0.2) is 23.5 Å². The van der Waals surface area contributed by atoms with Crippen molar-refractivity contribution < 1.29 is 8.42 Å². The molecular weight excluding hydrogens is 378 g/mol. The molecule has 0 amide bonds. The Labute approximate surface area is 161 Å². The van der Waals surface area contributed by atoms with Gasteiger partial charge in [0.05, 0.1) is 16.5 Å². The van der Waals surface area contributed by atoms with Crippen LogP contribution >= 0.6 is 0 Å². The first-order chi connectivity index (χ1) is 13.4. The molecule has 0 saturated carbocycles. The molecule has 0 atom stereocenters. The van der Waals surface area contributed by atoms with Crippen molar-refractivity contribution in [1.82, 2.24) is 24.7 Å². The van der Waals surface area contributed by atoms with Crippen molar-refractivity contribution >= 4 is 26.9 Å². The zero-order valence-corrected chi connectivity index (χ0v) is 15.8. The Bertz CT molecular complexity index is 1240. The second-order valence-electron chi connectivity index (χ2n) is 6.16. The Hall–Kier alpha value is -3.37. The summed E-state index contributed by atoms with van der Waals surface area (Å²) in [6, 6.07) is 11.9. The van der Waals surface area contributed by atoms with E-state index in [1.165, 1.54) is 12.1 Å². The molecule has 9 nitrogen and oxygen atoms in total. The summed E-state index contributed by atoms with van der Waals surface area (Å²) in [5.74, 6) is 1.11. The number of hydrogen-bond acceptors (Lipinski definition) is 7. The second-order valence-corrected chi connectivity index (χ2v) is 7.72. The number of sulfonamides is 1. The number of fused-ring (bicyclic) bond motifs is 1. The van der Waals surface area contributed by atoms with Crippen molar-refractivity contribution in [3.8, 4) is 11.5 Å². The molecule has 0 bridgehead atoms. The lowest BCUT2D eigenvalue weighted by molar-refractivity contribution is 0.598. The van der Waals surface area contributed by atoms with Crippen molar-refractivity contribution in [1.29, 1.82) is 0 Å². The highest BCUT2D eigenvalue weighted by Crippen LogP contribution is 2.24. The van der Waals surface area contributed by atoms with E-state index in [2.05, 4.69) is 25.4 Å². The van der Waals surface area contributed by atoms with Gasteiger partial charge in [-0.05, 0) is 29.8 Å². The standard InChI is InChI=1S/C18H17N7O2S/c1-25-18-14(11-22-25)16(23-17(24-18)15-4-2-3-9-20-15)21-10-12-5-7-13(8-6-12)28(19,26)27/h2-9,11H,10H2,1H3,(H2,19,26,27)(H,21,23,24). The summed E-state index contributed by atoms with van der Waals surface area (Å²) in [6.07, 6.45) is 3.39. The highest BCUT2D eigenvalue weighted by Gasteiger charge is 2.13. The van der Waals surface area contributed by atoms with E-state index in [0.29, 0.717) is 29.5 Å². The van der Waals surface area contributed by atoms with Crippen molar-refractivity contribution in [3.63, 3.8) is 0 Å². The first kappa shape index (κ1) is 18.0. The summed E-state index contributed by atoms with van der Waals surface area (Å²) in [6.45, 7) is 0.438. The Balaban J connectivity index is 1.66.